The molecule has 0 bridgehead atoms. The van der Waals surface area contributed by atoms with Crippen LogP contribution in [0, 0.1) is 0 Å². The summed E-state index contributed by atoms with van der Waals surface area (Å²) in [7, 11) is 0. The molecule has 1 aromatic carbocycles. The molecule has 0 saturated carbocycles. The van der Waals surface area contributed by atoms with E-state index in [1.807, 2.05) is 0 Å². The topological polar surface area (TPSA) is 90.5 Å². The summed E-state index contributed by atoms with van der Waals surface area (Å²) < 4.78 is 39.8. The van der Waals surface area contributed by atoms with Crippen LogP contribution in [0.4, 0.5) is 18.9 Å². The molecule has 0 saturated heterocycles. The fourth-order valence-electron chi connectivity index (χ4n) is 1.15. The van der Waals surface area contributed by atoms with Gasteiger partial charge in [0.15, 0.2) is 0 Å². The average Bonchev–Trinajstić information content (AvgIpc) is 2.26. The molecule has 6 N–H and O–H groups in total. The number of alkyl halides is 3. The molecule has 1 aromatic rings. The van der Waals surface area contributed by atoms with Gasteiger partial charge in [0.25, 0.3) is 0 Å². The summed E-state index contributed by atoms with van der Waals surface area (Å²) in [5, 5.41) is 1.06. The van der Waals surface area contributed by atoms with Crippen molar-refractivity contribution in [2.75, 3.05) is 11.6 Å². The lowest BCUT2D eigenvalue weighted by molar-refractivity contribution is -0.274. The molecule has 0 aliphatic carbocycles. The molecule has 0 aromatic heterocycles. The van der Waals surface area contributed by atoms with Crippen molar-refractivity contribution in [3.05, 3.63) is 36.2 Å². The Morgan fingerprint density at radius 2 is 2.06 bits per heavy atom. The molecular weight excluding hydrogens is 249 g/mol. The number of nitrogens with two attached hydrogens (primary N) is 3. The molecule has 1 rings (SSSR count). The molecule has 5 nitrogen and oxygen atoms in total. The zero-order valence-corrected chi connectivity index (χ0v) is 9.32. The fraction of sp³-hybridized carbons (Fsp3) is 0.200. The van der Waals surface area contributed by atoms with E-state index < -0.39 is 6.36 Å². The number of benzene rings is 1. The van der Waals surface area contributed by atoms with E-state index in [1.165, 1.54) is 24.4 Å². The zero-order valence-electron chi connectivity index (χ0n) is 9.32. The van der Waals surface area contributed by atoms with Gasteiger partial charge in [0.05, 0.1) is 5.69 Å². The second kappa shape index (κ2) is 5.61. The number of anilines is 1. The minimum atomic E-state index is -4.75. The molecule has 0 unspecified atom stereocenters. The van der Waals surface area contributed by atoms with E-state index in [2.05, 4.69) is 4.74 Å². The largest absolute Gasteiger partial charge is 0.573 e. The highest BCUT2D eigenvalue weighted by Gasteiger charge is 2.31. The Morgan fingerprint density at radius 3 is 2.61 bits per heavy atom. The van der Waals surface area contributed by atoms with E-state index in [0.29, 0.717) is 5.70 Å². The number of nitrogens with zero attached hydrogens (tertiary/aromatic N) is 1. The van der Waals surface area contributed by atoms with Crippen molar-refractivity contribution in [3.63, 3.8) is 0 Å². The number of rotatable bonds is 4. The van der Waals surface area contributed by atoms with Crippen molar-refractivity contribution in [2.45, 2.75) is 6.36 Å². The van der Waals surface area contributed by atoms with Gasteiger partial charge in [-0.05, 0) is 12.1 Å². The molecule has 0 heterocycles. The molecule has 8 heteroatoms. The summed E-state index contributed by atoms with van der Waals surface area (Å²) >= 11 is 0. The second-order valence-electron chi connectivity index (χ2n) is 3.36. The molecule has 0 spiro atoms. The lowest BCUT2D eigenvalue weighted by Crippen LogP contribution is -2.27. The Balaban J connectivity index is 2.88. The van der Waals surface area contributed by atoms with Gasteiger partial charge in [0, 0.05) is 24.5 Å². The van der Waals surface area contributed by atoms with E-state index in [-0.39, 0.29) is 18.0 Å². The van der Waals surface area contributed by atoms with E-state index in [4.69, 9.17) is 17.3 Å². The summed E-state index contributed by atoms with van der Waals surface area (Å²) in [5.74, 6) is 5.22. The minimum Gasteiger partial charge on any atom is -0.406 e. The van der Waals surface area contributed by atoms with Crippen molar-refractivity contribution in [2.24, 2.45) is 17.3 Å². The number of hydrazine groups is 1. The monoisotopic (exact) mass is 262 g/mol. The van der Waals surface area contributed by atoms with Crippen molar-refractivity contribution in [1.82, 2.24) is 0 Å². The van der Waals surface area contributed by atoms with Crippen LogP contribution in [-0.4, -0.2) is 12.9 Å². The first-order chi connectivity index (χ1) is 8.31. The van der Waals surface area contributed by atoms with Gasteiger partial charge in [-0.25, -0.2) is 5.84 Å². The average molecular weight is 262 g/mol. The van der Waals surface area contributed by atoms with Gasteiger partial charge in [0.2, 0.25) is 0 Å². The molecule has 18 heavy (non-hydrogen) atoms. The molecule has 100 valence electrons. The molecule has 0 aliphatic heterocycles. The number of halogens is 3. The van der Waals surface area contributed by atoms with Gasteiger partial charge in [-0.2, -0.15) is 0 Å². The predicted octanol–water partition coefficient (Wildman–Crippen LogP) is 1.02. The molecule has 0 atom stereocenters. The highest BCUT2D eigenvalue weighted by atomic mass is 19.4. The summed E-state index contributed by atoms with van der Waals surface area (Å²) in [4.78, 5) is 0. The lowest BCUT2D eigenvalue weighted by atomic mass is 10.3. The van der Waals surface area contributed by atoms with E-state index >= 15 is 0 Å². The van der Waals surface area contributed by atoms with Crippen LogP contribution in [-0.2, 0) is 0 Å². The van der Waals surface area contributed by atoms with Crippen LogP contribution in [0.15, 0.2) is 36.2 Å². The lowest BCUT2D eigenvalue weighted by Gasteiger charge is -2.16. The Hall–Kier alpha value is -1.93. The second-order valence-corrected chi connectivity index (χ2v) is 3.36. The third-order valence-corrected chi connectivity index (χ3v) is 1.89. The van der Waals surface area contributed by atoms with E-state index in [9.17, 15) is 13.2 Å². The van der Waals surface area contributed by atoms with Crippen LogP contribution in [0.2, 0.25) is 0 Å². The molecule has 0 amide bonds. The van der Waals surface area contributed by atoms with Gasteiger partial charge in [-0.1, -0.05) is 6.07 Å². The van der Waals surface area contributed by atoms with Crippen molar-refractivity contribution >= 4 is 5.69 Å². The maximum absolute atomic E-state index is 12.0. The van der Waals surface area contributed by atoms with Crippen LogP contribution >= 0.6 is 0 Å². The third kappa shape index (κ3) is 4.52. The number of ether oxygens (including phenoxy) is 1. The highest BCUT2D eigenvalue weighted by molar-refractivity contribution is 5.51. The Kier molecular flexibility index (Phi) is 4.40. The highest BCUT2D eigenvalue weighted by Crippen LogP contribution is 2.26. The molecule has 0 aliphatic rings. The molecule has 0 fully saturated rings. The fourth-order valence-corrected chi connectivity index (χ4v) is 1.15. The minimum absolute atomic E-state index is 0.0897. The smallest absolute Gasteiger partial charge is 0.406 e. The quantitative estimate of drug-likeness (QED) is 0.557. The summed E-state index contributed by atoms with van der Waals surface area (Å²) in [6, 6.07) is 5.18. The number of hydrogen-bond acceptors (Lipinski definition) is 5. The van der Waals surface area contributed by atoms with Gasteiger partial charge < -0.3 is 16.2 Å². The Morgan fingerprint density at radius 1 is 1.39 bits per heavy atom. The Labute approximate surface area is 102 Å². The summed E-state index contributed by atoms with van der Waals surface area (Å²) in [5.41, 5.74) is 11.3. The normalized spacial score (nSPS) is 12.4. The van der Waals surface area contributed by atoms with Crippen LogP contribution in [0.5, 0.6) is 5.75 Å². The van der Waals surface area contributed by atoms with Gasteiger partial charge in [-0.3, -0.25) is 5.01 Å². The summed E-state index contributed by atoms with van der Waals surface area (Å²) in [6.07, 6.45) is -3.43. The Bertz CT molecular complexity index is 433. The van der Waals surface area contributed by atoms with Gasteiger partial charge in [0.1, 0.15) is 5.75 Å². The first kappa shape index (κ1) is 14.1. The van der Waals surface area contributed by atoms with Crippen LogP contribution < -0.4 is 27.1 Å². The first-order valence-corrected chi connectivity index (χ1v) is 4.88. The van der Waals surface area contributed by atoms with Crippen molar-refractivity contribution < 1.29 is 17.9 Å². The first-order valence-electron chi connectivity index (χ1n) is 4.88. The standard InChI is InChI=1S/C10H13F3N4O/c11-10(12,13)18-9-3-1-2-8(4-9)17(16)6-7(15)5-14/h1-4,6H,5,14-16H2/b7-6-. The summed E-state index contributed by atoms with van der Waals surface area (Å²) in [6.45, 7) is 0.0897. The molecular formula is C10H13F3N4O. The van der Waals surface area contributed by atoms with Crippen molar-refractivity contribution in [1.29, 1.82) is 0 Å². The van der Waals surface area contributed by atoms with Crippen LogP contribution in [0.25, 0.3) is 0 Å². The van der Waals surface area contributed by atoms with E-state index in [1.54, 1.807) is 0 Å². The zero-order chi connectivity index (χ0) is 13.8. The van der Waals surface area contributed by atoms with Crippen molar-refractivity contribution in [3.8, 4) is 5.75 Å². The van der Waals surface area contributed by atoms with E-state index in [0.717, 1.165) is 11.1 Å². The van der Waals surface area contributed by atoms with Crippen LogP contribution in [0.1, 0.15) is 0 Å². The third-order valence-electron chi connectivity index (χ3n) is 1.89. The van der Waals surface area contributed by atoms with Gasteiger partial charge in [-0.15, -0.1) is 13.2 Å². The maximum Gasteiger partial charge on any atom is 0.573 e. The predicted molar refractivity (Wildman–Crippen MR) is 61.1 cm³/mol. The molecule has 0 radical (unpaired) electrons. The SMILES string of the molecule is NC/C(N)=C/N(N)c1cccc(OC(F)(F)F)c1. The van der Waals surface area contributed by atoms with Crippen LogP contribution in [0.3, 0.4) is 0 Å². The maximum atomic E-state index is 12.0. The van der Waals surface area contributed by atoms with Gasteiger partial charge >= 0.3 is 6.36 Å². The number of hydrogen-bond donors (Lipinski definition) is 3.